The molecule has 3 aromatic rings. The number of nitrogens with one attached hydrogen (secondary N) is 1. The van der Waals surface area contributed by atoms with Crippen molar-refractivity contribution in [2.45, 2.75) is 18.8 Å². The van der Waals surface area contributed by atoms with E-state index in [2.05, 4.69) is 0 Å². The fourth-order valence-corrected chi connectivity index (χ4v) is 3.40. The maximum Gasteiger partial charge on any atom is 0.126 e. The summed E-state index contributed by atoms with van der Waals surface area (Å²) in [6.45, 7) is 1.00. The molecule has 0 aliphatic rings. The van der Waals surface area contributed by atoms with Crippen LogP contribution in [0.2, 0.25) is 0 Å². The zero-order valence-electron chi connectivity index (χ0n) is 16.7. The van der Waals surface area contributed by atoms with Crippen LogP contribution in [0.4, 0.5) is 13.2 Å². The molecule has 3 aromatic carbocycles. The molecule has 0 saturated carbocycles. The van der Waals surface area contributed by atoms with Crippen LogP contribution >= 0.6 is 0 Å². The monoisotopic (exact) mass is 416 g/mol. The number of rotatable bonds is 9. The highest BCUT2D eigenvalue weighted by atomic mass is 19.1. The Labute approximate surface area is 174 Å². The van der Waals surface area contributed by atoms with Crippen molar-refractivity contribution in [2.24, 2.45) is 0 Å². The number of benzene rings is 3. The van der Waals surface area contributed by atoms with Gasteiger partial charge in [-0.15, -0.1) is 0 Å². The second-order valence-corrected chi connectivity index (χ2v) is 7.44. The minimum Gasteiger partial charge on any atom is -0.385 e. The van der Waals surface area contributed by atoms with E-state index >= 15 is 0 Å². The molecule has 30 heavy (non-hydrogen) atoms. The standard InChI is InChI=1S/C24H24F3NO2/c1-28(14-17-3-2-4-22(27)13-17)15-23(29)16-30-24(18-5-9-20(25)10-6-18)19-7-11-21(26)12-8-19/h2-13,23-24,29H,14-16H2,1H3/p+1/t23-/m0/s1. The van der Waals surface area contributed by atoms with Crippen LogP contribution < -0.4 is 4.90 Å². The lowest BCUT2D eigenvalue weighted by atomic mass is 10.0. The van der Waals surface area contributed by atoms with Crippen LogP contribution in [0.25, 0.3) is 0 Å². The van der Waals surface area contributed by atoms with Gasteiger partial charge in [0.15, 0.2) is 0 Å². The Morgan fingerprint density at radius 1 is 0.833 bits per heavy atom. The first-order valence-corrected chi connectivity index (χ1v) is 9.77. The highest BCUT2D eigenvalue weighted by Crippen LogP contribution is 2.26. The Kier molecular flexibility index (Phi) is 7.63. The Bertz CT molecular complexity index is 886. The molecule has 0 aliphatic carbocycles. The third kappa shape index (κ3) is 6.42. The van der Waals surface area contributed by atoms with Crippen molar-refractivity contribution in [1.82, 2.24) is 0 Å². The maximum absolute atomic E-state index is 13.3. The van der Waals surface area contributed by atoms with E-state index in [9.17, 15) is 18.3 Å². The summed E-state index contributed by atoms with van der Waals surface area (Å²) in [5.74, 6) is -1.01. The normalized spacial score (nSPS) is 13.4. The van der Waals surface area contributed by atoms with Crippen molar-refractivity contribution >= 4 is 0 Å². The molecule has 1 unspecified atom stereocenters. The van der Waals surface area contributed by atoms with Crippen molar-refractivity contribution in [3.63, 3.8) is 0 Å². The second-order valence-electron chi connectivity index (χ2n) is 7.44. The van der Waals surface area contributed by atoms with Gasteiger partial charge in [-0.25, -0.2) is 13.2 Å². The smallest absolute Gasteiger partial charge is 0.126 e. The zero-order valence-corrected chi connectivity index (χ0v) is 16.7. The van der Waals surface area contributed by atoms with Crippen LogP contribution in [-0.2, 0) is 11.3 Å². The molecule has 6 heteroatoms. The molecule has 2 atom stereocenters. The van der Waals surface area contributed by atoms with Crippen molar-refractivity contribution in [2.75, 3.05) is 20.2 Å². The summed E-state index contributed by atoms with van der Waals surface area (Å²) in [4.78, 5) is 0.997. The summed E-state index contributed by atoms with van der Waals surface area (Å²) < 4.78 is 45.9. The van der Waals surface area contributed by atoms with Crippen LogP contribution in [0, 0.1) is 17.5 Å². The summed E-state index contributed by atoms with van der Waals surface area (Å²) in [5.41, 5.74) is 2.25. The van der Waals surface area contributed by atoms with E-state index in [1.54, 1.807) is 30.3 Å². The van der Waals surface area contributed by atoms with E-state index in [-0.39, 0.29) is 24.1 Å². The molecular weight excluding hydrogens is 391 g/mol. The SMILES string of the molecule is C[NH+](Cc1cccc(F)c1)C[C@H](O)COC(c1ccc(F)cc1)c1ccc(F)cc1. The van der Waals surface area contributed by atoms with Gasteiger partial charge in [0.05, 0.1) is 13.7 Å². The highest BCUT2D eigenvalue weighted by molar-refractivity contribution is 5.30. The first-order chi connectivity index (χ1) is 14.4. The van der Waals surface area contributed by atoms with Crippen molar-refractivity contribution in [1.29, 1.82) is 0 Å². The molecule has 0 aliphatic heterocycles. The lowest BCUT2D eigenvalue weighted by molar-refractivity contribution is -0.897. The van der Waals surface area contributed by atoms with Crippen LogP contribution in [0.3, 0.4) is 0 Å². The molecule has 0 bridgehead atoms. The molecule has 0 spiro atoms. The molecule has 0 fully saturated rings. The second kappa shape index (κ2) is 10.4. The fourth-order valence-electron chi connectivity index (χ4n) is 3.40. The quantitative estimate of drug-likeness (QED) is 0.561. The van der Waals surface area contributed by atoms with Crippen molar-refractivity contribution in [3.8, 4) is 0 Å². The number of ether oxygens (including phenoxy) is 1. The van der Waals surface area contributed by atoms with Gasteiger partial charge in [0, 0.05) is 5.56 Å². The average molecular weight is 416 g/mol. The van der Waals surface area contributed by atoms with Crippen LogP contribution in [0.1, 0.15) is 22.8 Å². The average Bonchev–Trinajstić information content (AvgIpc) is 2.70. The van der Waals surface area contributed by atoms with Gasteiger partial charge in [0.25, 0.3) is 0 Å². The lowest BCUT2D eigenvalue weighted by Gasteiger charge is -2.23. The Morgan fingerprint density at radius 2 is 1.40 bits per heavy atom. The summed E-state index contributed by atoms with van der Waals surface area (Å²) in [6, 6.07) is 18.2. The number of aliphatic hydroxyl groups excluding tert-OH is 1. The van der Waals surface area contributed by atoms with E-state index in [4.69, 9.17) is 4.74 Å². The van der Waals surface area contributed by atoms with Gasteiger partial charge in [-0.3, -0.25) is 0 Å². The van der Waals surface area contributed by atoms with Gasteiger partial charge in [-0.05, 0) is 47.5 Å². The summed E-state index contributed by atoms with van der Waals surface area (Å²) in [7, 11) is 1.91. The van der Waals surface area contributed by atoms with Gasteiger partial charge in [-0.2, -0.15) is 0 Å². The molecule has 3 nitrogen and oxygen atoms in total. The van der Waals surface area contributed by atoms with Gasteiger partial charge in [0.1, 0.15) is 42.7 Å². The molecule has 158 valence electrons. The van der Waals surface area contributed by atoms with E-state index in [1.807, 2.05) is 13.1 Å². The number of hydrogen-bond acceptors (Lipinski definition) is 2. The van der Waals surface area contributed by atoms with Gasteiger partial charge in [0.2, 0.25) is 0 Å². The minimum absolute atomic E-state index is 0.0416. The molecule has 0 heterocycles. The summed E-state index contributed by atoms with van der Waals surface area (Å²) in [5, 5.41) is 10.4. The number of aliphatic hydroxyl groups is 1. The van der Waals surface area contributed by atoms with Crippen LogP contribution in [0.15, 0.2) is 72.8 Å². The van der Waals surface area contributed by atoms with Crippen LogP contribution in [0.5, 0.6) is 0 Å². The predicted molar refractivity (Wildman–Crippen MR) is 108 cm³/mol. The van der Waals surface area contributed by atoms with Gasteiger partial charge >= 0.3 is 0 Å². The fraction of sp³-hybridized carbons (Fsp3) is 0.250. The van der Waals surface area contributed by atoms with Gasteiger partial charge in [-0.1, -0.05) is 36.4 Å². The number of quaternary nitrogens is 1. The van der Waals surface area contributed by atoms with E-state index in [1.165, 1.54) is 36.4 Å². The topological polar surface area (TPSA) is 33.9 Å². The van der Waals surface area contributed by atoms with Crippen LogP contribution in [-0.4, -0.2) is 31.4 Å². The van der Waals surface area contributed by atoms with Gasteiger partial charge < -0.3 is 14.7 Å². The number of halogens is 3. The molecular formula is C24H25F3NO2+. The summed E-state index contributed by atoms with van der Waals surface area (Å²) >= 11 is 0. The highest BCUT2D eigenvalue weighted by Gasteiger charge is 2.19. The first-order valence-electron chi connectivity index (χ1n) is 9.77. The first kappa shape index (κ1) is 22.0. The third-order valence-electron chi connectivity index (χ3n) is 4.78. The number of hydrogen-bond donors (Lipinski definition) is 2. The minimum atomic E-state index is -0.762. The molecule has 0 radical (unpaired) electrons. The zero-order chi connectivity index (χ0) is 21.5. The van der Waals surface area contributed by atoms with Crippen molar-refractivity contribution < 1.29 is 27.9 Å². The van der Waals surface area contributed by atoms with E-state index in [0.717, 1.165) is 10.5 Å². The Hall–Kier alpha value is -2.67. The lowest BCUT2D eigenvalue weighted by Crippen LogP contribution is -3.08. The molecule has 3 rings (SSSR count). The Balaban J connectivity index is 1.62. The van der Waals surface area contributed by atoms with E-state index < -0.39 is 12.2 Å². The van der Waals surface area contributed by atoms with Crippen molar-refractivity contribution in [3.05, 3.63) is 107 Å². The molecule has 0 amide bonds. The predicted octanol–water partition coefficient (Wildman–Crippen LogP) is 3.29. The molecule has 0 saturated heterocycles. The maximum atomic E-state index is 13.3. The van der Waals surface area contributed by atoms with E-state index in [0.29, 0.717) is 24.2 Å². The largest absolute Gasteiger partial charge is 0.385 e. The summed E-state index contributed by atoms with van der Waals surface area (Å²) in [6.07, 6.45) is -1.33. The Morgan fingerprint density at radius 3 is 1.93 bits per heavy atom. The molecule has 2 N–H and O–H groups in total. The molecule has 0 aromatic heterocycles. The number of likely N-dealkylation sites (N-methyl/N-ethyl adjacent to an activating group) is 1. The third-order valence-corrected chi connectivity index (χ3v) is 4.78.